The molecular formula is C19H22ClN5O. The second-order valence-corrected chi connectivity index (χ2v) is 7.10. The molecule has 0 aliphatic carbocycles. The van der Waals surface area contributed by atoms with E-state index in [-0.39, 0.29) is 0 Å². The van der Waals surface area contributed by atoms with Gasteiger partial charge in [0.15, 0.2) is 5.65 Å². The summed E-state index contributed by atoms with van der Waals surface area (Å²) in [7, 11) is 3.85. The van der Waals surface area contributed by atoms with Gasteiger partial charge in [0, 0.05) is 44.1 Å². The number of anilines is 1. The Morgan fingerprint density at radius 1 is 1.19 bits per heavy atom. The molecule has 26 heavy (non-hydrogen) atoms. The van der Waals surface area contributed by atoms with E-state index in [0.29, 0.717) is 10.7 Å². The van der Waals surface area contributed by atoms with Crippen LogP contribution in [0.5, 0.6) is 5.75 Å². The average molecular weight is 372 g/mol. The maximum atomic E-state index is 6.17. The van der Waals surface area contributed by atoms with Crippen LogP contribution in [-0.4, -0.2) is 60.2 Å². The minimum atomic E-state index is 0.630. The lowest BCUT2D eigenvalue weighted by atomic mass is 10.1. The van der Waals surface area contributed by atoms with Crippen LogP contribution < -0.4 is 9.64 Å². The molecule has 1 fully saturated rings. The van der Waals surface area contributed by atoms with Crippen molar-refractivity contribution in [3.63, 3.8) is 0 Å². The molecule has 1 N–H and O–H groups in total. The molecule has 0 unspecified atom stereocenters. The number of imidazole rings is 1. The van der Waals surface area contributed by atoms with E-state index in [0.717, 1.165) is 54.4 Å². The highest BCUT2D eigenvalue weighted by Gasteiger charge is 2.18. The molecule has 0 spiro atoms. The normalized spacial score (nSPS) is 15.6. The Balaban J connectivity index is 1.72. The number of aromatic nitrogens is 3. The molecule has 1 aliphatic rings. The number of nitrogens with one attached hydrogen (secondary N) is 1. The SMILES string of the molecule is COc1cc(N2CCN(C)CC2)ccc1-c1nc2ncc(Cl)c(C)c2[nH]1. The summed E-state index contributed by atoms with van der Waals surface area (Å²) in [6, 6.07) is 6.27. The fourth-order valence-corrected chi connectivity index (χ4v) is 3.46. The Bertz CT molecular complexity index is 946. The molecule has 136 valence electrons. The molecule has 2 aromatic heterocycles. The minimum Gasteiger partial charge on any atom is -0.496 e. The van der Waals surface area contributed by atoms with E-state index in [1.54, 1.807) is 13.3 Å². The number of hydrogen-bond donors (Lipinski definition) is 1. The van der Waals surface area contributed by atoms with Gasteiger partial charge in [0.1, 0.15) is 11.6 Å². The quantitative estimate of drug-likeness (QED) is 0.765. The topological polar surface area (TPSA) is 57.3 Å². The Labute approximate surface area is 157 Å². The van der Waals surface area contributed by atoms with Crippen LogP contribution in [0.15, 0.2) is 24.4 Å². The summed E-state index contributed by atoms with van der Waals surface area (Å²) >= 11 is 6.17. The highest BCUT2D eigenvalue weighted by Crippen LogP contribution is 2.34. The summed E-state index contributed by atoms with van der Waals surface area (Å²) in [5.41, 5.74) is 4.55. The van der Waals surface area contributed by atoms with Gasteiger partial charge in [-0.3, -0.25) is 0 Å². The van der Waals surface area contributed by atoms with Crippen molar-refractivity contribution >= 4 is 28.5 Å². The zero-order valence-electron chi connectivity index (χ0n) is 15.2. The number of aryl methyl sites for hydroxylation is 1. The number of piperazine rings is 1. The molecule has 0 atom stereocenters. The number of benzene rings is 1. The van der Waals surface area contributed by atoms with E-state index in [4.69, 9.17) is 16.3 Å². The maximum absolute atomic E-state index is 6.17. The standard InChI is InChI=1S/C19H22ClN5O/c1-12-15(20)11-21-19-17(12)22-18(23-19)14-5-4-13(10-16(14)26-3)25-8-6-24(2)7-9-25/h4-5,10-11H,6-9H2,1-3H3,(H,21,22,23). The van der Waals surface area contributed by atoms with Gasteiger partial charge in [-0.1, -0.05) is 11.6 Å². The number of ether oxygens (including phenoxy) is 1. The number of H-pyrrole nitrogens is 1. The highest BCUT2D eigenvalue weighted by atomic mass is 35.5. The molecule has 4 rings (SSSR count). The Morgan fingerprint density at radius 2 is 1.96 bits per heavy atom. The number of hydrogen-bond acceptors (Lipinski definition) is 5. The molecule has 7 heteroatoms. The van der Waals surface area contributed by atoms with Crippen molar-refractivity contribution in [3.8, 4) is 17.1 Å². The summed E-state index contributed by atoms with van der Waals surface area (Å²) in [4.78, 5) is 17.0. The molecule has 0 saturated carbocycles. The molecular weight excluding hydrogens is 350 g/mol. The van der Waals surface area contributed by atoms with Gasteiger partial charge >= 0.3 is 0 Å². The second kappa shape index (κ2) is 6.78. The van der Waals surface area contributed by atoms with Gasteiger partial charge in [0.2, 0.25) is 0 Å². The first kappa shape index (κ1) is 17.1. The van der Waals surface area contributed by atoms with Crippen molar-refractivity contribution < 1.29 is 4.74 Å². The Hall–Kier alpha value is -2.31. The third kappa shape index (κ3) is 2.99. The van der Waals surface area contributed by atoms with Crippen molar-refractivity contribution in [3.05, 3.63) is 35.0 Å². The minimum absolute atomic E-state index is 0.630. The zero-order chi connectivity index (χ0) is 18.3. The number of aromatic amines is 1. The number of likely N-dealkylation sites (N-methyl/N-ethyl adjacent to an activating group) is 1. The van der Waals surface area contributed by atoms with Crippen LogP contribution >= 0.6 is 11.6 Å². The molecule has 3 heterocycles. The lowest BCUT2D eigenvalue weighted by Crippen LogP contribution is -2.44. The molecule has 0 amide bonds. The van der Waals surface area contributed by atoms with Crippen molar-refractivity contribution in [1.82, 2.24) is 19.9 Å². The second-order valence-electron chi connectivity index (χ2n) is 6.69. The number of halogens is 1. The fraction of sp³-hybridized carbons (Fsp3) is 0.368. The van der Waals surface area contributed by atoms with E-state index in [1.807, 2.05) is 6.92 Å². The smallest absolute Gasteiger partial charge is 0.178 e. The maximum Gasteiger partial charge on any atom is 0.178 e. The van der Waals surface area contributed by atoms with E-state index >= 15 is 0 Å². The number of pyridine rings is 1. The molecule has 0 radical (unpaired) electrons. The van der Waals surface area contributed by atoms with E-state index in [9.17, 15) is 0 Å². The van der Waals surface area contributed by atoms with Crippen LogP contribution in [-0.2, 0) is 0 Å². The predicted molar refractivity (Wildman–Crippen MR) is 105 cm³/mol. The predicted octanol–water partition coefficient (Wildman–Crippen LogP) is 3.35. The van der Waals surface area contributed by atoms with Crippen molar-refractivity contribution in [2.75, 3.05) is 45.2 Å². The lowest BCUT2D eigenvalue weighted by molar-refractivity contribution is 0.312. The largest absolute Gasteiger partial charge is 0.496 e. The van der Waals surface area contributed by atoms with Crippen molar-refractivity contribution in [2.24, 2.45) is 0 Å². The molecule has 1 aliphatic heterocycles. The zero-order valence-corrected chi connectivity index (χ0v) is 16.0. The molecule has 1 saturated heterocycles. The first-order valence-corrected chi connectivity index (χ1v) is 9.07. The number of methoxy groups -OCH3 is 1. The fourth-order valence-electron chi connectivity index (χ4n) is 3.32. The van der Waals surface area contributed by atoms with Crippen molar-refractivity contribution in [1.29, 1.82) is 0 Å². The number of nitrogens with zero attached hydrogens (tertiary/aromatic N) is 4. The van der Waals surface area contributed by atoms with Gasteiger partial charge < -0.3 is 19.5 Å². The van der Waals surface area contributed by atoms with Gasteiger partial charge in [-0.25, -0.2) is 9.97 Å². The van der Waals surface area contributed by atoms with Gasteiger partial charge in [0.05, 0.1) is 23.2 Å². The van der Waals surface area contributed by atoms with Crippen LogP contribution in [0.2, 0.25) is 5.02 Å². The average Bonchev–Trinajstić information content (AvgIpc) is 3.10. The Morgan fingerprint density at radius 3 is 2.69 bits per heavy atom. The number of fused-ring (bicyclic) bond motifs is 1. The third-order valence-electron chi connectivity index (χ3n) is 5.03. The molecule has 0 bridgehead atoms. The summed E-state index contributed by atoms with van der Waals surface area (Å²) < 4.78 is 5.66. The summed E-state index contributed by atoms with van der Waals surface area (Å²) in [6.07, 6.45) is 1.64. The van der Waals surface area contributed by atoms with Gasteiger partial charge in [-0.2, -0.15) is 0 Å². The van der Waals surface area contributed by atoms with Crippen LogP contribution in [0.1, 0.15) is 5.56 Å². The molecule has 6 nitrogen and oxygen atoms in total. The molecule has 3 aromatic rings. The van der Waals surface area contributed by atoms with Crippen LogP contribution in [0.4, 0.5) is 5.69 Å². The van der Waals surface area contributed by atoms with Gasteiger partial charge in [-0.15, -0.1) is 0 Å². The first-order valence-electron chi connectivity index (χ1n) is 8.69. The van der Waals surface area contributed by atoms with Crippen molar-refractivity contribution in [2.45, 2.75) is 6.92 Å². The first-order chi connectivity index (χ1) is 12.6. The van der Waals surface area contributed by atoms with Crippen LogP contribution in [0.25, 0.3) is 22.6 Å². The van der Waals surface area contributed by atoms with E-state index < -0.39 is 0 Å². The number of rotatable bonds is 3. The van der Waals surface area contributed by atoms with Gasteiger partial charge in [-0.05, 0) is 31.7 Å². The monoisotopic (exact) mass is 371 g/mol. The lowest BCUT2D eigenvalue weighted by Gasteiger charge is -2.34. The van der Waals surface area contributed by atoms with Gasteiger partial charge in [0.25, 0.3) is 0 Å². The van der Waals surface area contributed by atoms with E-state index in [1.165, 1.54) is 5.69 Å². The Kier molecular flexibility index (Phi) is 4.46. The van der Waals surface area contributed by atoms with Crippen LogP contribution in [0, 0.1) is 6.92 Å². The highest BCUT2D eigenvalue weighted by molar-refractivity contribution is 6.31. The molecule has 1 aromatic carbocycles. The summed E-state index contributed by atoms with van der Waals surface area (Å²) in [5.74, 6) is 1.53. The van der Waals surface area contributed by atoms with Crippen LogP contribution in [0.3, 0.4) is 0 Å². The summed E-state index contributed by atoms with van der Waals surface area (Å²) in [5, 5.41) is 0.630. The third-order valence-corrected chi connectivity index (χ3v) is 5.41. The summed E-state index contributed by atoms with van der Waals surface area (Å²) in [6.45, 7) is 6.14. The van der Waals surface area contributed by atoms with E-state index in [2.05, 4.69) is 50.0 Å².